The van der Waals surface area contributed by atoms with Crippen LogP contribution >= 0.6 is 7.26 Å². The van der Waals surface area contributed by atoms with E-state index < -0.39 is 13.2 Å². The van der Waals surface area contributed by atoms with Gasteiger partial charge in [0, 0.05) is 0 Å². The van der Waals surface area contributed by atoms with Gasteiger partial charge in [0.2, 0.25) is 0 Å². The number of carboxylic acids is 1. The molecule has 0 aromatic heterocycles. The molecule has 128 valence electrons. The third-order valence-electron chi connectivity index (χ3n) is 4.41. The second-order valence-corrected chi connectivity index (χ2v) is 9.39. The maximum Gasteiger partial charge on any atom is 0.339 e. The first-order chi connectivity index (χ1) is 11.7. The third-order valence-corrected chi connectivity index (χ3v) is 8.93. The smallest absolute Gasteiger partial charge is 0.339 e. The zero-order valence-corrected chi connectivity index (χ0v) is 16.5. The molecule has 0 aliphatic rings. The minimum atomic E-state index is -2.01. The Hall–Kier alpha value is -1.96. The number of carboxylic acid groups (broad SMARTS) is 1. The van der Waals surface area contributed by atoms with E-state index >= 15 is 0 Å². The van der Waals surface area contributed by atoms with Gasteiger partial charge in [0.25, 0.3) is 0 Å². The second kappa shape index (κ2) is 8.42. The zero-order chi connectivity index (χ0) is 17.0. The maximum atomic E-state index is 11.9. The van der Waals surface area contributed by atoms with Gasteiger partial charge in [-0.05, 0) is 43.3 Å². The van der Waals surface area contributed by atoms with Crippen molar-refractivity contribution >= 4 is 29.1 Å². The van der Waals surface area contributed by atoms with E-state index in [-0.39, 0.29) is 17.0 Å². The first kappa shape index (κ1) is 19.4. The summed E-state index contributed by atoms with van der Waals surface area (Å²) in [6.07, 6.45) is 0.880. The Morgan fingerprint density at radius 2 is 1.24 bits per heavy atom. The van der Waals surface area contributed by atoms with Gasteiger partial charge in [-0.15, -0.1) is 0 Å². The van der Waals surface area contributed by atoms with Crippen LogP contribution in [0.15, 0.2) is 84.9 Å². The Bertz CT molecular complexity index is 795. The molecular weight excluding hydrogens is 395 g/mol. The highest BCUT2D eigenvalue weighted by molar-refractivity contribution is 7.95. The molecule has 0 heterocycles. The van der Waals surface area contributed by atoms with Gasteiger partial charge in [0.1, 0.15) is 28.7 Å². The van der Waals surface area contributed by atoms with E-state index in [1.54, 1.807) is 12.1 Å². The van der Waals surface area contributed by atoms with Gasteiger partial charge in [-0.2, -0.15) is 0 Å². The van der Waals surface area contributed by atoms with Gasteiger partial charge in [-0.3, -0.25) is 0 Å². The van der Waals surface area contributed by atoms with E-state index in [4.69, 9.17) is 0 Å². The highest BCUT2D eigenvalue weighted by Gasteiger charge is 2.45. The van der Waals surface area contributed by atoms with E-state index in [1.807, 2.05) is 48.5 Å². The first-order valence-corrected chi connectivity index (χ1v) is 9.99. The van der Waals surface area contributed by atoms with Gasteiger partial charge in [-0.1, -0.05) is 48.5 Å². The minimum absolute atomic E-state index is 0. The maximum absolute atomic E-state index is 11.9. The van der Waals surface area contributed by atoms with Crippen LogP contribution in [0.25, 0.3) is 0 Å². The van der Waals surface area contributed by atoms with Crippen LogP contribution < -0.4 is 32.9 Å². The molecule has 3 aromatic carbocycles. The summed E-state index contributed by atoms with van der Waals surface area (Å²) in [6, 6.07) is 28.1. The molecule has 0 radical (unpaired) electrons. The van der Waals surface area contributed by atoms with Crippen LogP contribution in [-0.4, -0.2) is 17.2 Å². The molecule has 0 saturated carbocycles. The molecule has 4 heteroatoms. The van der Waals surface area contributed by atoms with E-state index in [9.17, 15) is 9.90 Å². The van der Waals surface area contributed by atoms with Crippen LogP contribution in [0.3, 0.4) is 0 Å². The van der Waals surface area contributed by atoms with Gasteiger partial charge < -0.3 is 22.1 Å². The summed E-state index contributed by atoms with van der Waals surface area (Å²) in [5.74, 6) is -0.865. The van der Waals surface area contributed by atoms with Crippen molar-refractivity contribution in [3.63, 3.8) is 0 Å². The zero-order valence-electron chi connectivity index (χ0n) is 14.0. The van der Waals surface area contributed by atoms with Crippen molar-refractivity contribution in [2.45, 2.75) is 6.92 Å². The van der Waals surface area contributed by atoms with Gasteiger partial charge in [0.05, 0.1) is 6.16 Å². The topological polar surface area (TPSA) is 37.3 Å². The summed E-state index contributed by atoms with van der Waals surface area (Å²) in [7, 11) is -2.01. The number of hydrogen-bond acceptors (Lipinski definition) is 1. The number of benzene rings is 3. The molecule has 3 aromatic rings. The molecule has 0 spiro atoms. The van der Waals surface area contributed by atoms with Crippen molar-refractivity contribution in [1.82, 2.24) is 0 Å². The second-order valence-electron chi connectivity index (χ2n) is 5.62. The van der Waals surface area contributed by atoms with E-state index in [0.29, 0.717) is 5.56 Å². The van der Waals surface area contributed by atoms with Crippen LogP contribution in [0.2, 0.25) is 0 Å². The normalized spacial score (nSPS) is 10.8. The number of halogens is 1. The Labute approximate surface area is 159 Å². The molecule has 3 rings (SSSR count). The minimum Gasteiger partial charge on any atom is -1.00 e. The Kier molecular flexibility index (Phi) is 6.52. The first-order valence-electron chi connectivity index (χ1n) is 8.02. The predicted octanol–water partition coefficient (Wildman–Crippen LogP) is 0.703. The molecule has 2 nitrogen and oxygen atoms in total. The van der Waals surface area contributed by atoms with Crippen LogP contribution in [0, 0.1) is 0 Å². The van der Waals surface area contributed by atoms with Crippen molar-refractivity contribution in [2.24, 2.45) is 0 Å². The molecule has 0 bridgehead atoms. The number of carbonyl (C=O) groups is 1. The number of rotatable bonds is 5. The van der Waals surface area contributed by atoms with Gasteiger partial charge in [0.15, 0.2) is 0 Å². The SMILES string of the molecule is CC[P+](c1ccccc1)(c1ccccc1)c1ccccc1C(=O)O.[Br-]. The van der Waals surface area contributed by atoms with Crippen LogP contribution in [0.4, 0.5) is 0 Å². The largest absolute Gasteiger partial charge is 1.00 e. The van der Waals surface area contributed by atoms with Crippen molar-refractivity contribution in [3.8, 4) is 0 Å². The lowest BCUT2D eigenvalue weighted by atomic mass is 10.2. The third kappa shape index (κ3) is 3.53. The van der Waals surface area contributed by atoms with E-state index in [1.165, 1.54) is 10.6 Å². The van der Waals surface area contributed by atoms with Gasteiger partial charge in [-0.25, -0.2) is 4.79 Å². The fourth-order valence-electron chi connectivity index (χ4n) is 3.32. The average molecular weight is 415 g/mol. The number of aromatic carboxylic acids is 1. The lowest BCUT2D eigenvalue weighted by molar-refractivity contribution is -0.0000202. The molecule has 0 fully saturated rings. The molecule has 0 saturated heterocycles. The van der Waals surface area contributed by atoms with Crippen LogP contribution in [0.1, 0.15) is 17.3 Å². The van der Waals surface area contributed by atoms with Crippen LogP contribution in [-0.2, 0) is 0 Å². The molecule has 1 N–H and O–H groups in total. The summed E-state index contributed by atoms with van der Waals surface area (Å²) in [6.45, 7) is 2.16. The predicted molar refractivity (Wildman–Crippen MR) is 103 cm³/mol. The summed E-state index contributed by atoms with van der Waals surface area (Å²) < 4.78 is 0. The molecular formula is C21H20BrO2P. The fourth-order valence-corrected chi connectivity index (χ4v) is 7.52. The standard InChI is InChI=1S/C21H19O2P.BrH/c1-2-24(17-11-5-3-6-12-17,18-13-7-4-8-14-18)20-16-10-9-15-19(20)21(22)23;/h3-16H,2H2,1H3;1H. The highest BCUT2D eigenvalue weighted by Crippen LogP contribution is 2.55. The molecule has 0 aliphatic heterocycles. The summed E-state index contributed by atoms with van der Waals surface area (Å²) in [4.78, 5) is 11.9. The van der Waals surface area contributed by atoms with Crippen LogP contribution in [0.5, 0.6) is 0 Å². The number of hydrogen-bond donors (Lipinski definition) is 1. The Morgan fingerprint density at radius 1 is 0.800 bits per heavy atom. The average Bonchev–Trinajstić information content (AvgIpc) is 2.65. The molecule has 0 atom stereocenters. The molecule has 0 unspecified atom stereocenters. The fraction of sp³-hybridized carbons (Fsp3) is 0.0952. The highest BCUT2D eigenvalue weighted by atomic mass is 79.9. The molecule has 0 amide bonds. The Morgan fingerprint density at radius 3 is 1.68 bits per heavy atom. The van der Waals surface area contributed by atoms with Crippen molar-refractivity contribution < 1.29 is 26.9 Å². The van der Waals surface area contributed by atoms with E-state index in [0.717, 1.165) is 11.5 Å². The lowest BCUT2D eigenvalue weighted by Gasteiger charge is -2.27. The molecule has 25 heavy (non-hydrogen) atoms. The van der Waals surface area contributed by atoms with Crippen molar-refractivity contribution in [3.05, 3.63) is 90.5 Å². The van der Waals surface area contributed by atoms with Crippen molar-refractivity contribution in [2.75, 3.05) is 6.16 Å². The van der Waals surface area contributed by atoms with Gasteiger partial charge >= 0.3 is 5.97 Å². The van der Waals surface area contributed by atoms with Crippen molar-refractivity contribution in [1.29, 1.82) is 0 Å². The summed E-state index contributed by atoms with van der Waals surface area (Å²) >= 11 is 0. The summed E-state index contributed by atoms with van der Waals surface area (Å²) in [5.41, 5.74) is 0.403. The quantitative estimate of drug-likeness (QED) is 0.624. The summed E-state index contributed by atoms with van der Waals surface area (Å²) in [5, 5.41) is 13.1. The monoisotopic (exact) mass is 414 g/mol. The lowest BCUT2D eigenvalue weighted by Crippen LogP contribution is -3.00. The Balaban J connectivity index is 0.00000225. The molecule has 0 aliphatic carbocycles. The van der Waals surface area contributed by atoms with E-state index in [2.05, 4.69) is 31.2 Å².